The van der Waals surface area contributed by atoms with Gasteiger partial charge in [-0.2, -0.15) is 0 Å². The maximum atomic E-state index is 10.8. The molecule has 37 heavy (non-hydrogen) atoms. The Hall–Kier alpha value is -0.680. The standard InChI is InChI=1S/C20H34O17/c21-1-5-9(23)13(27)18(34-5)32-4-8-16(37-20-14(28)10(24)6(2-22)35-20)15(29)19(36-8)31-3-7-11(25)12(26)17(30)33-7/h5-30H,1-4H2. The number of aliphatic hydroxyl groups excluding tert-OH is 10. The molecule has 4 aliphatic rings. The summed E-state index contributed by atoms with van der Waals surface area (Å²) in [5, 5.41) is 98.6. The van der Waals surface area contributed by atoms with Crippen LogP contribution in [0.15, 0.2) is 0 Å². The van der Waals surface area contributed by atoms with E-state index in [4.69, 9.17) is 33.2 Å². The minimum absolute atomic E-state index is 0.428. The van der Waals surface area contributed by atoms with E-state index >= 15 is 0 Å². The zero-order chi connectivity index (χ0) is 27.0. The molecule has 10 N–H and O–H groups in total. The molecular weight excluding hydrogens is 512 g/mol. The van der Waals surface area contributed by atoms with Gasteiger partial charge in [0.15, 0.2) is 25.2 Å². The molecule has 16 unspecified atom stereocenters. The zero-order valence-corrected chi connectivity index (χ0v) is 19.4. The van der Waals surface area contributed by atoms with Crippen LogP contribution in [0.25, 0.3) is 0 Å². The average molecular weight is 546 g/mol. The summed E-state index contributed by atoms with van der Waals surface area (Å²) >= 11 is 0. The SMILES string of the molecule is OCC1OC(OCC2OC(OCC3OC(O)C(O)C3O)C(O)C2OC2OC(CO)C(O)C2O)C(O)C1O. The van der Waals surface area contributed by atoms with E-state index in [0.29, 0.717) is 0 Å². The molecule has 16 atom stereocenters. The van der Waals surface area contributed by atoms with Gasteiger partial charge in [-0.25, -0.2) is 0 Å². The summed E-state index contributed by atoms with van der Waals surface area (Å²) in [5.41, 5.74) is 0. The van der Waals surface area contributed by atoms with Crippen LogP contribution in [0.2, 0.25) is 0 Å². The van der Waals surface area contributed by atoms with Crippen molar-refractivity contribution in [1.82, 2.24) is 0 Å². The monoisotopic (exact) mass is 546 g/mol. The second-order valence-corrected chi connectivity index (χ2v) is 9.26. The molecule has 0 saturated carbocycles. The minimum atomic E-state index is -1.64. The molecule has 0 amide bonds. The summed E-state index contributed by atoms with van der Waals surface area (Å²) in [5.74, 6) is 0. The number of ether oxygens (including phenoxy) is 7. The van der Waals surface area contributed by atoms with Gasteiger partial charge < -0.3 is 84.2 Å². The summed E-state index contributed by atoms with van der Waals surface area (Å²) in [4.78, 5) is 0. The third-order valence-corrected chi connectivity index (χ3v) is 6.77. The summed E-state index contributed by atoms with van der Waals surface area (Å²) in [6, 6.07) is 0. The summed E-state index contributed by atoms with van der Waals surface area (Å²) in [6.45, 7) is -2.06. The molecule has 17 nitrogen and oxygen atoms in total. The highest BCUT2D eigenvalue weighted by molar-refractivity contribution is 4.94. The maximum absolute atomic E-state index is 10.8. The van der Waals surface area contributed by atoms with Gasteiger partial charge >= 0.3 is 0 Å². The van der Waals surface area contributed by atoms with Crippen LogP contribution < -0.4 is 0 Å². The Labute approximate surface area is 209 Å². The van der Waals surface area contributed by atoms with Gasteiger partial charge in [-0.1, -0.05) is 0 Å². The van der Waals surface area contributed by atoms with E-state index in [9.17, 15) is 51.1 Å². The molecule has 0 radical (unpaired) electrons. The quantitative estimate of drug-likeness (QED) is 0.122. The number of hydrogen-bond acceptors (Lipinski definition) is 17. The highest BCUT2D eigenvalue weighted by Crippen LogP contribution is 2.32. The second kappa shape index (κ2) is 12.2. The predicted octanol–water partition coefficient (Wildman–Crippen LogP) is -7.19. The van der Waals surface area contributed by atoms with E-state index in [0.717, 1.165) is 0 Å². The molecule has 216 valence electrons. The molecular formula is C20H34O17. The lowest BCUT2D eigenvalue weighted by molar-refractivity contribution is -0.228. The van der Waals surface area contributed by atoms with Gasteiger partial charge in [-0.3, -0.25) is 0 Å². The van der Waals surface area contributed by atoms with Crippen molar-refractivity contribution < 1.29 is 84.2 Å². The Morgan fingerprint density at radius 1 is 0.459 bits per heavy atom. The van der Waals surface area contributed by atoms with E-state index in [1.54, 1.807) is 0 Å². The summed E-state index contributed by atoms with van der Waals surface area (Å²) < 4.78 is 37.8. The molecule has 4 heterocycles. The fourth-order valence-corrected chi connectivity index (χ4v) is 4.53. The number of rotatable bonds is 10. The number of hydrogen-bond donors (Lipinski definition) is 10. The van der Waals surface area contributed by atoms with Gasteiger partial charge in [-0.05, 0) is 0 Å². The van der Waals surface area contributed by atoms with E-state index in [1.165, 1.54) is 0 Å². The maximum Gasteiger partial charge on any atom is 0.187 e. The fourth-order valence-electron chi connectivity index (χ4n) is 4.53. The van der Waals surface area contributed by atoms with Crippen molar-refractivity contribution in [3.8, 4) is 0 Å². The van der Waals surface area contributed by atoms with Crippen LogP contribution in [0.4, 0.5) is 0 Å². The van der Waals surface area contributed by atoms with Gasteiger partial charge in [0.1, 0.15) is 73.2 Å². The molecule has 4 fully saturated rings. The first-order valence-corrected chi connectivity index (χ1v) is 11.7. The van der Waals surface area contributed by atoms with Crippen LogP contribution in [0, 0.1) is 0 Å². The van der Waals surface area contributed by atoms with Crippen LogP contribution in [0.5, 0.6) is 0 Å². The molecule has 0 aromatic heterocycles. The highest BCUT2D eigenvalue weighted by Gasteiger charge is 2.52. The van der Waals surface area contributed by atoms with E-state index in [2.05, 4.69) is 0 Å². The van der Waals surface area contributed by atoms with Gasteiger partial charge in [0.05, 0.1) is 26.4 Å². The van der Waals surface area contributed by atoms with Crippen molar-refractivity contribution in [3.05, 3.63) is 0 Å². The van der Waals surface area contributed by atoms with E-state index in [1.807, 2.05) is 0 Å². The lowest BCUT2D eigenvalue weighted by Gasteiger charge is -2.26. The Bertz CT molecular complexity index is 731. The predicted molar refractivity (Wildman–Crippen MR) is 110 cm³/mol. The Balaban J connectivity index is 1.41. The van der Waals surface area contributed by atoms with E-state index in [-0.39, 0.29) is 0 Å². The smallest absolute Gasteiger partial charge is 0.187 e. The third-order valence-electron chi connectivity index (χ3n) is 6.77. The first-order chi connectivity index (χ1) is 17.6. The zero-order valence-electron chi connectivity index (χ0n) is 19.4. The molecule has 0 aromatic rings. The highest BCUT2D eigenvalue weighted by atomic mass is 16.8. The van der Waals surface area contributed by atoms with E-state index < -0.39 is 125 Å². The summed E-state index contributed by atoms with van der Waals surface area (Å²) in [7, 11) is 0. The van der Waals surface area contributed by atoms with Gasteiger partial charge in [0.2, 0.25) is 0 Å². The molecule has 0 aliphatic carbocycles. The molecule has 17 heteroatoms. The van der Waals surface area contributed by atoms with Crippen LogP contribution in [0.3, 0.4) is 0 Å². The molecule has 4 aliphatic heterocycles. The third kappa shape index (κ3) is 5.93. The number of aliphatic hydroxyl groups is 10. The Morgan fingerprint density at radius 2 is 0.919 bits per heavy atom. The largest absolute Gasteiger partial charge is 0.394 e. The van der Waals surface area contributed by atoms with Crippen LogP contribution in [0.1, 0.15) is 0 Å². The van der Waals surface area contributed by atoms with Crippen molar-refractivity contribution in [2.45, 2.75) is 98.4 Å². The average Bonchev–Trinajstić information content (AvgIpc) is 3.52. The van der Waals surface area contributed by atoms with Crippen LogP contribution in [-0.4, -0.2) is 176 Å². The first-order valence-electron chi connectivity index (χ1n) is 11.7. The lowest BCUT2D eigenvalue weighted by Crippen LogP contribution is -2.44. The van der Waals surface area contributed by atoms with Crippen molar-refractivity contribution in [2.24, 2.45) is 0 Å². The molecule has 4 rings (SSSR count). The normalized spacial score (nSPS) is 52.4. The first kappa shape index (κ1) is 29.3. The van der Waals surface area contributed by atoms with Gasteiger partial charge in [-0.15, -0.1) is 0 Å². The second-order valence-electron chi connectivity index (χ2n) is 9.26. The van der Waals surface area contributed by atoms with Crippen LogP contribution in [-0.2, 0) is 33.2 Å². The van der Waals surface area contributed by atoms with Gasteiger partial charge in [0.25, 0.3) is 0 Å². The Kier molecular flexibility index (Phi) is 9.69. The van der Waals surface area contributed by atoms with Gasteiger partial charge in [0, 0.05) is 0 Å². The van der Waals surface area contributed by atoms with Crippen molar-refractivity contribution in [3.63, 3.8) is 0 Å². The molecule has 0 bridgehead atoms. The minimum Gasteiger partial charge on any atom is -0.394 e. The topological polar surface area (TPSA) is 267 Å². The molecule has 0 spiro atoms. The van der Waals surface area contributed by atoms with Crippen LogP contribution >= 0.6 is 0 Å². The van der Waals surface area contributed by atoms with Crippen molar-refractivity contribution >= 4 is 0 Å². The molecule has 0 aromatic carbocycles. The molecule has 4 saturated heterocycles. The Morgan fingerprint density at radius 3 is 1.43 bits per heavy atom. The van der Waals surface area contributed by atoms with Crippen molar-refractivity contribution in [2.75, 3.05) is 26.4 Å². The van der Waals surface area contributed by atoms with Crippen molar-refractivity contribution in [1.29, 1.82) is 0 Å². The fraction of sp³-hybridized carbons (Fsp3) is 1.00. The summed E-state index contributed by atoms with van der Waals surface area (Å²) in [6.07, 6.45) is -22.5. The lowest BCUT2D eigenvalue weighted by atomic mass is 10.1.